The van der Waals surface area contributed by atoms with Crippen LogP contribution in [0.3, 0.4) is 0 Å². The molecule has 2 aromatic carbocycles. The molecular formula is C18H15F6NO2. The standard InChI is InChI=1S/C18H15F6NO2/c1-2-27-15-5-3-11(4-6-15)7-16(26)25-14-9-12(17(19,20)21)8-13(10-14)18(22,23)24/h3-6,8-10H,2,7H2,1H3,(H,25,26). The minimum Gasteiger partial charge on any atom is -0.494 e. The number of carbonyl (C=O) groups is 1. The number of halogens is 6. The molecule has 0 radical (unpaired) electrons. The van der Waals surface area contributed by atoms with Crippen molar-refractivity contribution in [3.63, 3.8) is 0 Å². The first-order valence-corrected chi connectivity index (χ1v) is 7.80. The van der Waals surface area contributed by atoms with Crippen molar-refractivity contribution in [2.45, 2.75) is 25.7 Å². The van der Waals surface area contributed by atoms with Crippen LogP contribution in [-0.2, 0) is 23.6 Å². The number of benzene rings is 2. The molecule has 27 heavy (non-hydrogen) atoms. The van der Waals surface area contributed by atoms with Crippen molar-refractivity contribution in [3.8, 4) is 5.75 Å². The van der Waals surface area contributed by atoms with Gasteiger partial charge in [-0.2, -0.15) is 26.3 Å². The van der Waals surface area contributed by atoms with Gasteiger partial charge in [0.15, 0.2) is 0 Å². The molecule has 0 saturated carbocycles. The zero-order valence-electron chi connectivity index (χ0n) is 14.0. The molecule has 1 amide bonds. The Morgan fingerprint density at radius 3 is 1.89 bits per heavy atom. The van der Waals surface area contributed by atoms with E-state index in [9.17, 15) is 31.1 Å². The molecule has 2 rings (SSSR count). The number of amides is 1. The summed E-state index contributed by atoms with van der Waals surface area (Å²) in [7, 11) is 0. The topological polar surface area (TPSA) is 38.3 Å². The van der Waals surface area contributed by atoms with Gasteiger partial charge in [-0.25, -0.2) is 0 Å². The van der Waals surface area contributed by atoms with Gasteiger partial charge in [0.1, 0.15) is 5.75 Å². The van der Waals surface area contributed by atoms with Gasteiger partial charge >= 0.3 is 12.4 Å². The summed E-state index contributed by atoms with van der Waals surface area (Å²) in [6.07, 6.45) is -10.2. The number of rotatable bonds is 5. The van der Waals surface area contributed by atoms with E-state index >= 15 is 0 Å². The van der Waals surface area contributed by atoms with Crippen molar-refractivity contribution in [1.29, 1.82) is 0 Å². The molecule has 9 heteroatoms. The summed E-state index contributed by atoms with van der Waals surface area (Å²) in [5.41, 5.74) is -3.03. The van der Waals surface area contributed by atoms with Crippen molar-refractivity contribution in [2.75, 3.05) is 11.9 Å². The normalized spacial score (nSPS) is 12.0. The Morgan fingerprint density at radius 2 is 1.44 bits per heavy atom. The Morgan fingerprint density at radius 1 is 0.926 bits per heavy atom. The maximum atomic E-state index is 12.8. The van der Waals surface area contributed by atoms with Crippen LogP contribution < -0.4 is 10.1 Å². The SMILES string of the molecule is CCOc1ccc(CC(=O)Nc2cc(C(F)(F)F)cc(C(F)(F)F)c2)cc1. The van der Waals surface area contributed by atoms with Crippen LogP contribution in [0.2, 0.25) is 0 Å². The highest BCUT2D eigenvalue weighted by molar-refractivity contribution is 5.92. The third-order valence-corrected chi connectivity index (χ3v) is 3.47. The second kappa shape index (κ2) is 7.89. The zero-order valence-corrected chi connectivity index (χ0v) is 14.0. The van der Waals surface area contributed by atoms with E-state index in [-0.39, 0.29) is 12.5 Å². The smallest absolute Gasteiger partial charge is 0.416 e. The number of carbonyl (C=O) groups excluding carboxylic acids is 1. The second-order valence-electron chi connectivity index (χ2n) is 5.60. The molecule has 3 nitrogen and oxygen atoms in total. The highest BCUT2D eigenvalue weighted by Gasteiger charge is 2.37. The Labute approximate surface area is 150 Å². The largest absolute Gasteiger partial charge is 0.494 e. The van der Waals surface area contributed by atoms with Crippen LogP contribution in [0.1, 0.15) is 23.6 Å². The first-order chi connectivity index (χ1) is 12.5. The van der Waals surface area contributed by atoms with Crippen molar-refractivity contribution >= 4 is 11.6 Å². The fraction of sp³-hybridized carbons (Fsp3) is 0.278. The Kier molecular flexibility index (Phi) is 6.02. The van der Waals surface area contributed by atoms with Gasteiger partial charge in [0.05, 0.1) is 24.2 Å². The Bertz CT molecular complexity index is 765. The van der Waals surface area contributed by atoms with Crippen LogP contribution in [0.5, 0.6) is 5.75 Å². The molecule has 0 fully saturated rings. The van der Waals surface area contributed by atoms with Gasteiger partial charge in [0.2, 0.25) is 5.91 Å². The van der Waals surface area contributed by atoms with E-state index in [2.05, 4.69) is 5.32 Å². The molecule has 0 spiro atoms. The minimum absolute atomic E-state index is 0.00209. The Hall–Kier alpha value is -2.71. The van der Waals surface area contributed by atoms with Crippen LogP contribution >= 0.6 is 0 Å². The number of anilines is 1. The zero-order chi connectivity index (χ0) is 20.2. The minimum atomic E-state index is -4.98. The Balaban J connectivity index is 2.18. The molecule has 0 unspecified atom stereocenters. The lowest BCUT2D eigenvalue weighted by Crippen LogP contribution is -2.17. The molecule has 0 atom stereocenters. The van der Waals surface area contributed by atoms with E-state index in [1.165, 1.54) is 0 Å². The highest BCUT2D eigenvalue weighted by atomic mass is 19.4. The second-order valence-corrected chi connectivity index (χ2v) is 5.60. The van der Waals surface area contributed by atoms with E-state index in [1.54, 1.807) is 31.2 Å². The van der Waals surface area contributed by atoms with Crippen molar-refractivity contribution in [2.24, 2.45) is 0 Å². The summed E-state index contributed by atoms with van der Waals surface area (Å²) in [5.74, 6) is -0.166. The third-order valence-electron chi connectivity index (χ3n) is 3.47. The van der Waals surface area contributed by atoms with Gasteiger partial charge in [0.25, 0.3) is 0 Å². The van der Waals surface area contributed by atoms with E-state index in [0.29, 0.717) is 30.1 Å². The van der Waals surface area contributed by atoms with Gasteiger partial charge < -0.3 is 10.1 Å². The average molecular weight is 391 g/mol. The lowest BCUT2D eigenvalue weighted by Gasteiger charge is -2.15. The lowest BCUT2D eigenvalue weighted by molar-refractivity contribution is -0.143. The van der Waals surface area contributed by atoms with Gasteiger partial charge in [-0.1, -0.05) is 12.1 Å². The van der Waals surface area contributed by atoms with Gasteiger partial charge in [-0.15, -0.1) is 0 Å². The highest BCUT2D eigenvalue weighted by Crippen LogP contribution is 2.37. The van der Waals surface area contributed by atoms with Gasteiger partial charge in [0, 0.05) is 5.69 Å². The molecule has 0 saturated heterocycles. The van der Waals surface area contributed by atoms with Crippen molar-refractivity contribution < 1.29 is 35.9 Å². The maximum Gasteiger partial charge on any atom is 0.416 e. The lowest BCUT2D eigenvalue weighted by atomic mass is 10.1. The van der Waals surface area contributed by atoms with E-state index in [0.717, 1.165) is 0 Å². The molecule has 0 aliphatic heterocycles. The summed E-state index contributed by atoms with van der Waals surface area (Å²) in [4.78, 5) is 12.0. The van der Waals surface area contributed by atoms with E-state index < -0.39 is 35.1 Å². The predicted octanol–water partition coefficient (Wildman–Crippen LogP) is 5.30. The third kappa shape index (κ3) is 5.90. The summed E-state index contributed by atoms with van der Waals surface area (Å²) < 4.78 is 82.2. The number of alkyl halides is 6. The van der Waals surface area contributed by atoms with Crippen LogP contribution in [0.4, 0.5) is 32.0 Å². The quantitative estimate of drug-likeness (QED) is 0.702. The van der Waals surface area contributed by atoms with Crippen molar-refractivity contribution in [3.05, 3.63) is 59.2 Å². The number of ether oxygens (including phenoxy) is 1. The molecular weight excluding hydrogens is 376 g/mol. The summed E-state index contributed by atoms with van der Waals surface area (Å²) in [5, 5.41) is 2.08. The predicted molar refractivity (Wildman–Crippen MR) is 86.4 cm³/mol. The fourth-order valence-electron chi connectivity index (χ4n) is 2.29. The molecule has 0 aromatic heterocycles. The van der Waals surface area contributed by atoms with Crippen LogP contribution in [0, 0.1) is 0 Å². The summed E-state index contributed by atoms with van der Waals surface area (Å²) in [6, 6.07) is 7.31. The molecule has 0 heterocycles. The van der Waals surface area contributed by atoms with E-state index in [1.807, 2.05) is 0 Å². The fourth-order valence-corrected chi connectivity index (χ4v) is 2.29. The first-order valence-electron chi connectivity index (χ1n) is 7.80. The molecule has 146 valence electrons. The van der Waals surface area contributed by atoms with Crippen LogP contribution in [-0.4, -0.2) is 12.5 Å². The molecule has 1 N–H and O–H groups in total. The average Bonchev–Trinajstić information content (AvgIpc) is 2.55. The van der Waals surface area contributed by atoms with E-state index in [4.69, 9.17) is 4.74 Å². The van der Waals surface area contributed by atoms with Crippen LogP contribution in [0.15, 0.2) is 42.5 Å². The van der Waals surface area contributed by atoms with Crippen LogP contribution in [0.25, 0.3) is 0 Å². The van der Waals surface area contributed by atoms with Crippen molar-refractivity contribution in [1.82, 2.24) is 0 Å². The van der Waals surface area contributed by atoms with Gasteiger partial charge in [-0.3, -0.25) is 4.79 Å². The molecule has 0 bridgehead atoms. The number of hydrogen-bond acceptors (Lipinski definition) is 2. The maximum absolute atomic E-state index is 12.8. The molecule has 2 aromatic rings. The summed E-state index contributed by atoms with van der Waals surface area (Å²) in [6.45, 7) is 2.25. The van der Waals surface area contributed by atoms with Gasteiger partial charge in [-0.05, 0) is 42.8 Å². The molecule has 0 aliphatic rings. The molecule has 0 aliphatic carbocycles. The summed E-state index contributed by atoms with van der Waals surface area (Å²) >= 11 is 0. The first kappa shape index (κ1) is 20.6. The monoisotopic (exact) mass is 391 g/mol. The number of nitrogens with one attached hydrogen (secondary N) is 1. The number of hydrogen-bond donors (Lipinski definition) is 1.